The molecule has 8 nitrogen and oxygen atoms in total. The van der Waals surface area contributed by atoms with Crippen molar-refractivity contribution < 1.29 is 14.3 Å². The summed E-state index contributed by atoms with van der Waals surface area (Å²) in [5, 5.41) is 8.91. The topological polar surface area (TPSA) is 95.1 Å². The van der Waals surface area contributed by atoms with E-state index in [-0.39, 0.29) is 18.5 Å². The van der Waals surface area contributed by atoms with Gasteiger partial charge in [-0.15, -0.1) is 0 Å². The summed E-state index contributed by atoms with van der Waals surface area (Å²) < 4.78 is 5.94. The molecule has 2 fully saturated rings. The molecular formula is C18H33N5O3. The molecule has 0 bridgehead atoms. The summed E-state index contributed by atoms with van der Waals surface area (Å²) in [4.78, 5) is 28.9. The van der Waals surface area contributed by atoms with Gasteiger partial charge in [0.05, 0.1) is 12.6 Å². The molecule has 0 aromatic rings. The molecular weight excluding hydrogens is 334 g/mol. The number of imide groups is 1. The van der Waals surface area contributed by atoms with Gasteiger partial charge in [-0.1, -0.05) is 12.8 Å². The lowest BCUT2D eigenvalue weighted by Gasteiger charge is -2.23. The molecule has 2 rings (SSSR count). The van der Waals surface area contributed by atoms with Crippen LogP contribution >= 0.6 is 0 Å². The van der Waals surface area contributed by atoms with E-state index < -0.39 is 0 Å². The summed E-state index contributed by atoms with van der Waals surface area (Å²) in [7, 11) is 0. The van der Waals surface area contributed by atoms with E-state index in [1.807, 2.05) is 13.8 Å². The lowest BCUT2D eigenvalue weighted by molar-refractivity contribution is -0.124. The number of rotatable bonds is 10. The number of hydrogen-bond donors (Lipinski definition) is 3. The van der Waals surface area contributed by atoms with Gasteiger partial charge in [0.25, 0.3) is 0 Å². The van der Waals surface area contributed by atoms with Crippen LogP contribution in [0.4, 0.5) is 4.79 Å². The summed E-state index contributed by atoms with van der Waals surface area (Å²) in [6.07, 6.45) is 6.36. The highest BCUT2D eigenvalue weighted by Gasteiger charge is 2.27. The van der Waals surface area contributed by atoms with Crippen LogP contribution < -0.4 is 16.0 Å². The lowest BCUT2D eigenvalue weighted by Crippen LogP contribution is -2.43. The Bertz CT molecular complexity index is 475. The predicted molar refractivity (Wildman–Crippen MR) is 101 cm³/mol. The summed E-state index contributed by atoms with van der Waals surface area (Å²) in [5.41, 5.74) is 0. The van der Waals surface area contributed by atoms with E-state index in [9.17, 15) is 9.59 Å². The first kappa shape index (κ1) is 20.5. The van der Waals surface area contributed by atoms with Crippen molar-refractivity contribution in [1.29, 1.82) is 0 Å². The number of nitrogens with one attached hydrogen (secondary N) is 3. The SMILES string of the molecule is CCNC(=NCCC(OCC)C1CCCC1)NCCN1C(=O)CNC1=O. The fraction of sp³-hybridized carbons (Fsp3) is 0.833. The summed E-state index contributed by atoms with van der Waals surface area (Å²) in [6.45, 7) is 7.15. The quantitative estimate of drug-likeness (QED) is 0.305. The highest BCUT2D eigenvalue weighted by atomic mass is 16.5. The second-order valence-corrected chi connectivity index (χ2v) is 6.72. The van der Waals surface area contributed by atoms with E-state index in [0.717, 1.165) is 19.6 Å². The molecule has 1 unspecified atom stereocenters. The van der Waals surface area contributed by atoms with E-state index in [2.05, 4.69) is 20.9 Å². The first-order valence-electron chi connectivity index (χ1n) is 9.87. The molecule has 0 aromatic carbocycles. The number of amides is 3. The first-order chi connectivity index (χ1) is 12.7. The zero-order valence-corrected chi connectivity index (χ0v) is 16.1. The molecule has 3 N–H and O–H groups in total. The van der Waals surface area contributed by atoms with Gasteiger partial charge in [0, 0.05) is 32.8 Å². The molecule has 1 saturated heterocycles. The van der Waals surface area contributed by atoms with Crippen LogP contribution in [-0.4, -0.2) is 68.2 Å². The number of urea groups is 1. The second kappa shape index (κ2) is 11.0. The third-order valence-electron chi connectivity index (χ3n) is 4.90. The molecule has 1 aliphatic heterocycles. The van der Waals surface area contributed by atoms with Crippen LogP contribution in [0.25, 0.3) is 0 Å². The van der Waals surface area contributed by atoms with Crippen molar-refractivity contribution in [2.24, 2.45) is 10.9 Å². The molecule has 148 valence electrons. The van der Waals surface area contributed by atoms with E-state index in [4.69, 9.17) is 4.74 Å². The monoisotopic (exact) mass is 367 g/mol. The second-order valence-electron chi connectivity index (χ2n) is 6.72. The maximum atomic E-state index is 11.6. The van der Waals surface area contributed by atoms with Crippen molar-refractivity contribution in [2.75, 3.05) is 39.3 Å². The van der Waals surface area contributed by atoms with Gasteiger partial charge in [0.15, 0.2) is 5.96 Å². The molecule has 1 heterocycles. The average Bonchev–Trinajstić information content (AvgIpc) is 3.26. The van der Waals surface area contributed by atoms with E-state index in [1.165, 1.54) is 30.6 Å². The molecule has 8 heteroatoms. The molecule has 3 amide bonds. The van der Waals surface area contributed by atoms with Crippen molar-refractivity contribution in [3.05, 3.63) is 0 Å². The molecule has 0 radical (unpaired) electrons. The average molecular weight is 367 g/mol. The van der Waals surface area contributed by atoms with Gasteiger partial charge in [0.1, 0.15) is 0 Å². The maximum absolute atomic E-state index is 11.6. The third kappa shape index (κ3) is 6.16. The van der Waals surface area contributed by atoms with Gasteiger partial charge < -0.3 is 20.7 Å². The number of carbonyl (C=O) groups excluding carboxylic acids is 2. The zero-order valence-electron chi connectivity index (χ0n) is 16.1. The minimum Gasteiger partial charge on any atom is -0.378 e. The Hall–Kier alpha value is -1.83. The molecule has 1 saturated carbocycles. The predicted octanol–water partition coefficient (Wildman–Crippen LogP) is 1.08. The van der Waals surface area contributed by atoms with Gasteiger partial charge in [0.2, 0.25) is 5.91 Å². The molecule has 1 atom stereocenters. The van der Waals surface area contributed by atoms with Crippen molar-refractivity contribution in [3.63, 3.8) is 0 Å². The Kier molecular flexibility index (Phi) is 8.67. The Morgan fingerprint density at radius 2 is 2.08 bits per heavy atom. The number of aliphatic imine (C=N–C) groups is 1. The highest BCUT2D eigenvalue weighted by Crippen LogP contribution is 2.30. The number of carbonyl (C=O) groups is 2. The minimum absolute atomic E-state index is 0.0903. The smallest absolute Gasteiger partial charge is 0.324 e. The van der Waals surface area contributed by atoms with Crippen LogP contribution in [0.2, 0.25) is 0 Å². The third-order valence-corrected chi connectivity index (χ3v) is 4.90. The Labute approximate surface area is 156 Å². The summed E-state index contributed by atoms with van der Waals surface area (Å²) in [6, 6.07) is -0.324. The molecule has 0 aromatic heterocycles. The van der Waals surface area contributed by atoms with Gasteiger partial charge in [-0.25, -0.2) is 4.79 Å². The fourth-order valence-corrected chi connectivity index (χ4v) is 3.61. The Balaban J connectivity index is 1.77. The molecule has 1 aliphatic carbocycles. The summed E-state index contributed by atoms with van der Waals surface area (Å²) >= 11 is 0. The van der Waals surface area contributed by atoms with Crippen LogP contribution in [0, 0.1) is 5.92 Å². The zero-order chi connectivity index (χ0) is 18.8. The Morgan fingerprint density at radius 3 is 2.69 bits per heavy atom. The highest BCUT2D eigenvalue weighted by molar-refractivity contribution is 6.01. The molecule has 26 heavy (non-hydrogen) atoms. The van der Waals surface area contributed by atoms with Crippen LogP contribution in [-0.2, 0) is 9.53 Å². The number of nitrogens with zero attached hydrogens (tertiary/aromatic N) is 2. The number of hydrogen-bond acceptors (Lipinski definition) is 4. The van der Waals surface area contributed by atoms with Crippen LogP contribution in [0.5, 0.6) is 0 Å². The van der Waals surface area contributed by atoms with Crippen molar-refractivity contribution in [1.82, 2.24) is 20.9 Å². The van der Waals surface area contributed by atoms with Crippen LogP contribution in [0.3, 0.4) is 0 Å². The van der Waals surface area contributed by atoms with Crippen LogP contribution in [0.15, 0.2) is 4.99 Å². The normalized spacial score (nSPS) is 19.8. The van der Waals surface area contributed by atoms with Crippen molar-refractivity contribution in [2.45, 2.75) is 52.1 Å². The minimum atomic E-state index is -0.324. The molecule has 2 aliphatic rings. The van der Waals surface area contributed by atoms with E-state index >= 15 is 0 Å². The summed E-state index contributed by atoms with van der Waals surface area (Å²) in [5.74, 6) is 1.19. The number of ether oxygens (including phenoxy) is 1. The standard InChI is InChI=1S/C18H33N5O3/c1-3-19-17(21-11-12-23-16(24)13-22-18(23)25)20-10-9-15(26-4-2)14-7-5-6-8-14/h14-15H,3-13H2,1-2H3,(H,22,25)(H2,19,20,21). The largest absolute Gasteiger partial charge is 0.378 e. The van der Waals surface area contributed by atoms with Gasteiger partial charge in [-0.3, -0.25) is 14.7 Å². The lowest BCUT2D eigenvalue weighted by atomic mass is 9.98. The fourth-order valence-electron chi connectivity index (χ4n) is 3.61. The van der Waals surface area contributed by atoms with Gasteiger partial charge >= 0.3 is 6.03 Å². The number of guanidine groups is 1. The van der Waals surface area contributed by atoms with Crippen molar-refractivity contribution >= 4 is 17.9 Å². The van der Waals surface area contributed by atoms with Gasteiger partial charge in [-0.2, -0.15) is 0 Å². The van der Waals surface area contributed by atoms with E-state index in [1.54, 1.807) is 0 Å². The maximum Gasteiger partial charge on any atom is 0.324 e. The molecule has 0 spiro atoms. The van der Waals surface area contributed by atoms with Crippen LogP contribution in [0.1, 0.15) is 46.0 Å². The Morgan fingerprint density at radius 1 is 1.31 bits per heavy atom. The van der Waals surface area contributed by atoms with Gasteiger partial charge in [-0.05, 0) is 39.0 Å². The van der Waals surface area contributed by atoms with E-state index in [0.29, 0.717) is 37.6 Å². The first-order valence-corrected chi connectivity index (χ1v) is 9.87. The van der Waals surface area contributed by atoms with Crippen molar-refractivity contribution in [3.8, 4) is 0 Å².